The molecule has 4 N–H and O–H groups in total. The van der Waals surface area contributed by atoms with Gasteiger partial charge in [0.25, 0.3) is 10.0 Å². The molecule has 106 valence electrons. The SMILES string of the molecule is CCCNC(=O)NS(=O)(=O)c1cc(N)c(F)cc1F. The Labute approximate surface area is 109 Å². The monoisotopic (exact) mass is 293 g/mol. The van der Waals surface area contributed by atoms with E-state index in [1.54, 1.807) is 11.6 Å². The fourth-order valence-corrected chi connectivity index (χ4v) is 2.23. The van der Waals surface area contributed by atoms with E-state index >= 15 is 0 Å². The lowest BCUT2D eigenvalue weighted by atomic mass is 10.3. The van der Waals surface area contributed by atoms with Crippen LogP contribution in [0.5, 0.6) is 0 Å². The van der Waals surface area contributed by atoms with Crippen molar-refractivity contribution in [2.45, 2.75) is 18.2 Å². The molecule has 2 amide bonds. The van der Waals surface area contributed by atoms with E-state index in [-0.39, 0.29) is 6.54 Å². The summed E-state index contributed by atoms with van der Waals surface area (Å²) in [5.74, 6) is -2.41. The van der Waals surface area contributed by atoms with E-state index in [9.17, 15) is 22.0 Å². The third-order valence-electron chi connectivity index (χ3n) is 2.10. The summed E-state index contributed by atoms with van der Waals surface area (Å²) in [6.45, 7) is 2.03. The number of urea groups is 1. The molecule has 9 heteroatoms. The molecule has 0 fully saturated rings. The second-order valence-electron chi connectivity index (χ2n) is 3.67. The van der Waals surface area contributed by atoms with Gasteiger partial charge in [0.05, 0.1) is 5.69 Å². The molecule has 0 saturated heterocycles. The Bertz CT molecular complexity index is 590. The second-order valence-corrected chi connectivity index (χ2v) is 5.32. The summed E-state index contributed by atoms with van der Waals surface area (Å²) in [6, 6.07) is -0.0438. The molecule has 1 rings (SSSR count). The van der Waals surface area contributed by atoms with Crippen molar-refractivity contribution >= 4 is 21.7 Å². The van der Waals surface area contributed by atoms with Crippen LogP contribution in [0.25, 0.3) is 0 Å². The summed E-state index contributed by atoms with van der Waals surface area (Å²) in [4.78, 5) is 10.3. The number of carbonyl (C=O) groups excluding carboxylic acids is 1. The smallest absolute Gasteiger partial charge is 0.328 e. The molecule has 0 atom stereocenters. The number of nitrogen functional groups attached to an aromatic ring is 1. The molecule has 0 saturated carbocycles. The zero-order valence-electron chi connectivity index (χ0n) is 10.0. The average molecular weight is 293 g/mol. The summed E-state index contributed by atoms with van der Waals surface area (Å²) >= 11 is 0. The van der Waals surface area contributed by atoms with E-state index in [4.69, 9.17) is 5.73 Å². The molecular formula is C10H13F2N3O3S. The zero-order valence-corrected chi connectivity index (χ0v) is 10.9. The Balaban J connectivity index is 3.01. The Hall–Kier alpha value is -1.90. The number of halogens is 2. The topological polar surface area (TPSA) is 101 Å². The number of rotatable bonds is 4. The lowest BCUT2D eigenvalue weighted by Crippen LogP contribution is -2.40. The maximum Gasteiger partial charge on any atom is 0.328 e. The van der Waals surface area contributed by atoms with Crippen molar-refractivity contribution in [3.05, 3.63) is 23.8 Å². The zero-order chi connectivity index (χ0) is 14.6. The number of anilines is 1. The average Bonchev–Trinajstić information content (AvgIpc) is 2.30. The van der Waals surface area contributed by atoms with Gasteiger partial charge in [-0.2, -0.15) is 0 Å². The van der Waals surface area contributed by atoms with Crippen molar-refractivity contribution in [2.24, 2.45) is 0 Å². The first-order valence-corrected chi connectivity index (χ1v) is 6.81. The molecule has 0 spiro atoms. The molecule has 0 aliphatic rings. The summed E-state index contributed by atoms with van der Waals surface area (Å²) in [6.07, 6.45) is 0.603. The molecule has 0 bridgehead atoms. The molecule has 1 aromatic rings. The number of hydrogen-bond donors (Lipinski definition) is 3. The molecule has 0 radical (unpaired) electrons. The fraction of sp³-hybridized carbons (Fsp3) is 0.300. The van der Waals surface area contributed by atoms with Gasteiger partial charge in [-0.15, -0.1) is 0 Å². The van der Waals surface area contributed by atoms with Crippen LogP contribution in [0.1, 0.15) is 13.3 Å². The van der Waals surface area contributed by atoms with Crippen LogP contribution < -0.4 is 15.8 Å². The van der Waals surface area contributed by atoms with Gasteiger partial charge >= 0.3 is 6.03 Å². The molecule has 6 nitrogen and oxygen atoms in total. The molecular weight excluding hydrogens is 280 g/mol. The van der Waals surface area contributed by atoms with Gasteiger partial charge < -0.3 is 11.1 Å². The van der Waals surface area contributed by atoms with Crippen LogP contribution >= 0.6 is 0 Å². The van der Waals surface area contributed by atoms with E-state index in [1.165, 1.54) is 0 Å². The third-order valence-corrected chi connectivity index (χ3v) is 3.45. The number of carbonyl (C=O) groups is 1. The molecule has 0 unspecified atom stereocenters. The van der Waals surface area contributed by atoms with Crippen molar-refractivity contribution < 1.29 is 22.0 Å². The van der Waals surface area contributed by atoms with Gasteiger partial charge in [0, 0.05) is 12.6 Å². The normalized spacial score (nSPS) is 11.1. The van der Waals surface area contributed by atoms with E-state index in [0.29, 0.717) is 18.6 Å². The largest absolute Gasteiger partial charge is 0.396 e. The number of amides is 2. The minimum Gasteiger partial charge on any atom is -0.396 e. The lowest BCUT2D eigenvalue weighted by Gasteiger charge is -2.09. The highest BCUT2D eigenvalue weighted by molar-refractivity contribution is 7.90. The molecule has 0 heterocycles. The van der Waals surface area contributed by atoms with Crippen molar-refractivity contribution in [3.63, 3.8) is 0 Å². The number of nitrogens with one attached hydrogen (secondary N) is 2. The van der Waals surface area contributed by atoms with Crippen LogP contribution in [0.2, 0.25) is 0 Å². The minimum absolute atomic E-state index is 0.259. The van der Waals surface area contributed by atoms with Crippen LogP contribution in [0.4, 0.5) is 19.3 Å². The van der Waals surface area contributed by atoms with Gasteiger partial charge in [0.2, 0.25) is 0 Å². The first-order valence-electron chi connectivity index (χ1n) is 5.33. The molecule has 0 aliphatic carbocycles. The maximum absolute atomic E-state index is 13.4. The highest BCUT2D eigenvalue weighted by Gasteiger charge is 2.23. The maximum atomic E-state index is 13.4. The highest BCUT2D eigenvalue weighted by atomic mass is 32.2. The van der Waals surface area contributed by atoms with E-state index in [2.05, 4.69) is 5.32 Å². The van der Waals surface area contributed by atoms with Crippen molar-refractivity contribution in [2.75, 3.05) is 12.3 Å². The van der Waals surface area contributed by atoms with Crippen molar-refractivity contribution in [3.8, 4) is 0 Å². The summed E-state index contributed by atoms with van der Waals surface area (Å²) in [5.41, 5.74) is 4.63. The molecule has 0 aliphatic heterocycles. The summed E-state index contributed by atoms with van der Waals surface area (Å²) < 4.78 is 51.3. The number of benzene rings is 1. The first kappa shape index (κ1) is 15.2. The second kappa shape index (κ2) is 5.83. The lowest BCUT2D eigenvalue weighted by molar-refractivity contribution is 0.246. The Morgan fingerprint density at radius 3 is 2.53 bits per heavy atom. The van der Waals surface area contributed by atoms with Gasteiger partial charge in [-0.25, -0.2) is 26.7 Å². The van der Waals surface area contributed by atoms with Crippen molar-refractivity contribution in [1.29, 1.82) is 0 Å². The van der Waals surface area contributed by atoms with E-state index < -0.39 is 38.3 Å². The van der Waals surface area contributed by atoms with Crippen LogP contribution in [-0.2, 0) is 10.0 Å². The summed E-state index contributed by atoms with van der Waals surface area (Å²) in [7, 11) is -4.44. The van der Waals surface area contributed by atoms with E-state index in [1.807, 2.05) is 0 Å². The van der Waals surface area contributed by atoms with Gasteiger partial charge in [-0.1, -0.05) is 6.92 Å². The molecule has 1 aromatic carbocycles. The predicted molar refractivity (Wildman–Crippen MR) is 64.8 cm³/mol. The van der Waals surface area contributed by atoms with Crippen LogP contribution in [0, 0.1) is 11.6 Å². The predicted octanol–water partition coefficient (Wildman–Crippen LogP) is 0.945. The van der Waals surface area contributed by atoms with Crippen molar-refractivity contribution in [1.82, 2.24) is 10.0 Å². The number of sulfonamides is 1. The minimum atomic E-state index is -4.44. The van der Waals surface area contributed by atoms with E-state index in [0.717, 1.165) is 0 Å². The Morgan fingerprint density at radius 1 is 1.32 bits per heavy atom. The molecule has 19 heavy (non-hydrogen) atoms. The Morgan fingerprint density at radius 2 is 1.95 bits per heavy atom. The fourth-order valence-electron chi connectivity index (χ4n) is 1.20. The molecule has 0 aromatic heterocycles. The highest BCUT2D eigenvalue weighted by Crippen LogP contribution is 2.20. The van der Waals surface area contributed by atoms with Gasteiger partial charge in [-0.05, 0) is 12.5 Å². The third kappa shape index (κ3) is 3.78. The van der Waals surface area contributed by atoms with Crippen LogP contribution in [0.3, 0.4) is 0 Å². The quantitative estimate of drug-likeness (QED) is 0.719. The number of hydrogen-bond acceptors (Lipinski definition) is 4. The van der Waals surface area contributed by atoms with Gasteiger partial charge in [0.1, 0.15) is 16.5 Å². The summed E-state index contributed by atoms with van der Waals surface area (Å²) in [5, 5.41) is 2.25. The van der Waals surface area contributed by atoms with Gasteiger partial charge in [-0.3, -0.25) is 0 Å². The Kier molecular flexibility index (Phi) is 4.65. The van der Waals surface area contributed by atoms with Crippen LogP contribution in [-0.4, -0.2) is 21.0 Å². The first-order chi connectivity index (χ1) is 8.77. The van der Waals surface area contributed by atoms with Gasteiger partial charge in [0.15, 0.2) is 0 Å². The van der Waals surface area contributed by atoms with Crippen LogP contribution in [0.15, 0.2) is 17.0 Å². The number of nitrogens with two attached hydrogens (primary N) is 1. The standard InChI is InChI=1S/C10H13F2N3O3S/c1-2-3-14-10(16)15-19(17,18)9-5-8(13)6(11)4-7(9)12/h4-5H,2-3,13H2,1H3,(H2,14,15,16).